The van der Waals surface area contributed by atoms with Gasteiger partial charge in [0.1, 0.15) is 0 Å². The number of ether oxygens (including phenoxy) is 1. The van der Waals surface area contributed by atoms with Gasteiger partial charge in [0.15, 0.2) is 0 Å². The molecule has 17 heavy (non-hydrogen) atoms. The number of hydrogen-bond donors (Lipinski definition) is 1. The second-order valence-corrected chi connectivity index (χ2v) is 4.84. The van der Waals surface area contributed by atoms with Crippen LogP contribution in [0, 0.1) is 0 Å². The Labute approximate surface area is 103 Å². The molecule has 1 saturated heterocycles. The Morgan fingerprint density at radius 2 is 2.12 bits per heavy atom. The summed E-state index contributed by atoms with van der Waals surface area (Å²) in [6, 6.07) is 0. The van der Waals surface area contributed by atoms with Gasteiger partial charge in [0.05, 0.1) is 35.8 Å². The molecule has 4 nitrogen and oxygen atoms in total. The normalized spacial score (nSPS) is 24.4. The molecule has 1 aromatic rings. The van der Waals surface area contributed by atoms with Crippen molar-refractivity contribution in [1.29, 1.82) is 0 Å². The fourth-order valence-corrected chi connectivity index (χ4v) is 2.56. The van der Waals surface area contributed by atoms with Crippen LogP contribution in [0.3, 0.4) is 0 Å². The zero-order valence-corrected chi connectivity index (χ0v) is 11.1. The van der Waals surface area contributed by atoms with Crippen molar-refractivity contribution >= 4 is 5.69 Å². The number of nitrogens with zero attached hydrogens (tertiary/aromatic N) is 2. The van der Waals surface area contributed by atoms with E-state index in [0.717, 1.165) is 49.3 Å². The van der Waals surface area contributed by atoms with Crippen LogP contribution in [0.2, 0.25) is 0 Å². The lowest BCUT2D eigenvalue weighted by molar-refractivity contribution is 0.0432. The number of aryl methyl sites for hydroxylation is 1. The number of aromatic nitrogens is 2. The molecular weight excluding hydrogens is 214 g/mol. The number of rotatable bonds is 4. The summed E-state index contributed by atoms with van der Waals surface area (Å²) >= 11 is 0. The maximum absolute atomic E-state index is 6.10. The van der Waals surface area contributed by atoms with Crippen molar-refractivity contribution < 1.29 is 4.74 Å². The van der Waals surface area contributed by atoms with Gasteiger partial charge in [-0.2, -0.15) is 5.10 Å². The fraction of sp³-hybridized carbons (Fsp3) is 0.769. The fourth-order valence-electron chi connectivity index (χ4n) is 2.56. The van der Waals surface area contributed by atoms with Crippen LogP contribution in [0.15, 0.2) is 0 Å². The van der Waals surface area contributed by atoms with Crippen LogP contribution in [0.1, 0.15) is 45.0 Å². The molecule has 2 rings (SSSR count). The minimum Gasteiger partial charge on any atom is -0.396 e. The predicted molar refractivity (Wildman–Crippen MR) is 69.0 cm³/mol. The third-order valence-corrected chi connectivity index (χ3v) is 3.54. The molecule has 1 aliphatic heterocycles. The SMILES string of the molecule is CCc1nn(CC2CCC(C)O2)c(CC)c1N. The van der Waals surface area contributed by atoms with Gasteiger partial charge in [-0.15, -0.1) is 0 Å². The minimum absolute atomic E-state index is 0.305. The standard InChI is InChI=1S/C13H23N3O/c1-4-11-13(14)12(5-2)16(15-11)8-10-7-6-9(3)17-10/h9-10H,4-8,14H2,1-3H3. The molecular formula is C13H23N3O. The van der Waals surface area contributed by atoms with Crippen LogP contribution in [0.5, 0.6) is 0 Å². The molecule has 1 fully saturated rings. The molecule has 96 valence electrons. The summed E-state index contributed by atoms with van der Waals surface area (Å²) in [5.41, 5.74) is 9.16. The number of anilines is 1. The highest BCUT2D eigenvalue weighted by Gasteiger charge is 2.24. The Bertz CT molecular complexity index is 386. The smallest absolute Gasteiger partial charge is 0.0854 e. The lowest BCUT2D eigenvalue weighted by Gasteiger charge is -2.13. The van der Waals surface area contributed by atoms with E-state index in [2.05, 4.69) is 30.6 Å². The number of hydrogen-bond acceptors (Lipinski definition) is 3. The van der Waals surface area contributed by atoms with E-state index in [0.29, 0.717) is 12.2 Å². The van der Waals surface area contributed by atoms with E-state index in [-0.39, 0.29) is 0 Å². The summed E-state index contributed by atoms with van der Waals surface area (Å²) in [7, 11) is 0. The number of nitrogen functional groups attached to an aromatic ring is 1. The molecule has 2 heterocycles. The second-order valence-electron chi connectivity index (χ2n) is 4.84. The van der Waals surface area contributed by atoms with E-state index in [1.807, 2.05) is 0 Å². The zero-order valence-electron chi connectivity index (χ0n) is 11.1. The van der Waals surface area contributed by atoms with Gasteiger partial charge < -0.3 is 10.5 Å². The first-order chi connectivity index (χ1) is 8.15. The van der Waals surface area contributed by atoms with Crippen molar-refractivity contribution in [3.05, 3.63) is 11.4 Å². The Hall–Kier alpha value is -1.03. The molecule has 2 N–H and O–H groups in total. The van der Waals surface area contributed by atoms with Gasteiger partial charge in [0, 0.05) is 0 Å². The second kappa shape index (κ2) is 5.08. The summed E-state index contributed by atoms with van der Waals surface area (Å²) < 4.78 is 7.90. The van der Waals surface area contributed by atoms with Gasteiger partial charge in [-0.3, -0.25) is 4.68 Å². The Morgan fingerprint density at radius 3 is 2.65 bits per heavy atom. The van der Waals surface area contributed by atoms with Gasteiger partial charge in [-0.05, 0) is 32.6 Å². The van der Waals surface area contributed by atoms with Crippen molar-refractivity contribution in [1.82, 2.24) is 9.78 Å². The largest absolute Gasteiger partial charge is 0.396 e. The monoisotopic (exact) mass is 237 g/mol. The molecule has 1 aromatic heterocycles. The zero-order chi connectivity index (χ0) is 12.4. The highest BCUT2D eigenvalue weighted by molar-refractivity contribution is 5.48. The van der Waals surface area contributed by atoms with Crippen LogP contribution < -0.4 is 5.73 Å². The summed E-state index contributed by atoms with van der Waals surface area (Å²) in [5, 5.41) is 4.60. The minimum atomic E-state index is 0.305. The molecule has 0 saturated carbocycles. The van der Waals surface area contributed by atoms with Crippen LogP contribution in [-0.4, -0.2) is 22.0 Å². The summed E-state index contributed by atoms with van der Waals surface area (Å²) in [5.74, 6) is 0. The molecule has 0 amide bonds. The van der Waals surface area contributed by atoms with Crippen molar-refractivity contribution in [2.45, 2.75) is 65.2 Å². The molecule has 2 atom stereocenters. The molecule has 1 aliphatic rings. The van der Waals surface area contributed by atoms with E-state index in [1.165, 1.54) is 0 Å². The van der Waals surface area contributed by atoms with E-state index < -0.39 is 0 Å². The van der Waals surface area contributed by atoms with Crippen LogP contribution in [0.4, 0.5) is 5.69 Å². The van der Waals surface area contributed by atoms with Crippen LogP contribution in [-0.2, 0) is 24.1 Å². The molecule has 4 heteroatoms. The first-order valence-electron chi connectivity index (χ1n) is 6.65. The molecule has 0 bridgehead atoms. The van der Waals surface area contributed by atoms with Crippen LogP contribution >= 0.6 is 0 Å². The average Bonchev–Trinajstić information content (AvgIpc) is 2.83. The molecule has 0 aliphatic carbocycles. The summed E-state index contributed by atoms with van der Waals surface area (Å²) in [4.78, 5) is 0. The molecule has 0 spiro atoms. The summed E-state index contributed by atoms with van der Waals surface area (Å²) in [6.45, 7) is 7.20. The van der Waals surface area contributed by atoms with E-state index in [9.17, 15) is 0 Å². The highest BCUT2D eigenvalue weighted by atomic mass is 16.5. The van der Waals surface area contributed by atoms with Gasteiger partial charge in [-0.1, -0.05) is 13.8 Å². The third-order valence-electron chi connectivity index (χ3n) is 3.54. The van der Waals surface area contributed by atoms with Crippen molar-refractivity contribution in [3.63, 3.8) is 0 Å². The first kappa shape index (κ1) is 12.4. The maximum atomic E-state index is 6.10. The first-order valence-corrected chi connectivity index (χ1v) is 6.65. The van der Waals surface area contributed by atoms with E-state index in [1.54, 1.807) is 0 Å². The van der Waals surface area contributed by atoms with Gasteiger partial charge >= 0.3 is 0 Å². The van der Waals surface area contributed by atoms with Crippen LogP contribution in [0.25, 0.3) is 0 Å². The Morgan fingerprint density at radius 1 is 1.35 bits per heavy atom. The van der Waals surface area contributed by atoms with Gasteiger partial charge in [-0.25, -0.2) is 0 Å². The maximum Gasteiger partial charge on any atom is 0.0854 e. The predicted octanol–water partition coefficient (Wildman–Crippen LogP) is 2.16. The molecule has 2 unspecified atom stereocenters. The Balaban J connectivity index is 2.14. The highest BCUT2D eigenvalue weighted by Crippen LogP contribution is 2.23. The van der Waals surface area contributed by atoms with Gasteiger partial charge in [0.25, 0.3) is 0 Å². The Kier molecular flexibility index (Phi) is 3.72. The summed E-state index contributed by atoms with van der Waals surface area (Å²) in [6.07, 6.45) is 4.81. The number of nitrogens with two attached hydrogens (primary N) is 1. The molecule has 0 aromatic carbocycles. The average molecular weight is 237 g/mol. The molecule has 0 radical (unpaired) electrons. The van der Waals surface area contributed by atoms with Crippen molar-refractivity contribution in [2.75, 3.05) is 5.73 Å². The lowest BCUT2D eigenvalue weighted by Crippen LogP contribution is -2.19. The topological polar surface area (TPSA) is 53.1 Å². The quantitative estimate of drug-likeness (QED) is 0.873. The van der Waals surface area contributed by atoms with Crippen molar-refractivity contribution in [2.24, 2.45) is 0 Å². The lowest BCUT2D eigenvalue weighted by atomic mass is 10.2. The van der Waals surface area contributed by atoms with Crippen molar-refractivity contribution in [3.8, 4) is 0 Å². The van der Waals surface area contributed by atoms with E-state index in [4.69, 9.17) is 10.5 Å². The van der Waals surface area contributed by atoms with E-state index >= 15 is 0 Å². The van der Waals surface area contributed by atoms with Gasteiger partial charge in [0.2, 0.25) is 0 Å². The third kappa shape index (κ3) is 2.46.